The molecule has 0 atom stereocenters. The average Bonchev–Trinajstić information content (AvgIpc) is 2.13. The fourth-order valence-electron chi connectivity index (χ4n) is 1.13. The van der Waals surface area contributed by atoms with Gasteiger partial charge < -0.3 is 5.73 Å². The summed E-state index contributed by atoms with van der Waals surface area (Å²) in [4.78, 5) is 0. The third-order valence-electron chi connectivity index (χ3n) is 1.99. The zero-order chi connectivity index (χ0) is 9.68. The van der Waals surface area contributed by atoms with Crippen LogP contribution in [0.25, 0.3) is 6.08 Å². The SMILES string of the molecule is Cc1c(N)cccc1C=CCCBr. The van der Waals surface area contributed by atoms with Crippen molar-refractivity contribution < 1.29 is 0 Å². The molecule has 1 aromatic rings. The highest BCUT2D eigenvalue weighted by Crippen LogP contribution is 2.16. The van der Waals surface area contributed by atoms with E-state index < -0.39 is 0 Å². The van der Waals surface area contributed by atoms with Crippen LogP contribution in [0.1, 0.15) is 17.5 Å². The van der Waals surface area contributed by atoms with Gasteiger partial charge in [-0.2, -0.15) is 0 Å². The Morgan fingerprint density at radius 1 is 1.46 bits per heavy atom. The highest BCUT2D eigenvalue weighted by atomic mass is 79.9. The molecule has 2 heteroatoms. The largest absolute Gasteiger partial charge is 0.398 e. The molecule has 0 saturated carbocycles. The van der Waals surface area contributed by atoms with E-state index >= 15 is 0 Å². The fourth-order valence-corrected chi connectivity index (χ4v) is 1.39. The first kappa shape index (κ1) is 10.3. The minimum absolute atomic E-state index is 0.862. The van der Waals surface area contributed by atoms with E-state index in [-0.39, 0.29) is 0 Å². The van der Waals surface area contributed by atoms with Gasteiger partial charge in [-0.1, -0.05) is 40.2 Å². The number of hydrogen-bond acceptors (Lipinski definition) is 1. The molecule has 0 aliphatic rings. The maximum absolute atomic E-state index is 5.78. The Kier molecular flexibility index (Phi) is 4.03. The second-order valence-electron chi connectivity index (χ2n) is 2.94. The van der Waals surface area contributed by atoms with E-state index in [1.807, 2.05) is 19.1 Å². The van der Waals surface area contributed by atoms with Crippen LogP contribution in [-0.2, 0) is 0 Å². The number of nitrogen functional groups attached to an aromatic ring is 1. The first-order chi connectivity index (χ1) is 6.25. The molecule has 0 aromatic heterocycles. The van der Waals surface area contributed by atoms with Gasteiger partial charge in [0.15, 0.2) is 0 Å². The summed E-state index contributed by atoms with van der Waals surface area (Å²) in [5, 5.41) is 1.00. The Hall–Kier alpha value is -0.760. The van der Waals surface area contributed by atoms with Gasteiger partial charge >= 0.3 is 0 Å². The Bertz CT molecular complexity index is 305. The molecule has 0 bridgehead atoms. The highest BCUT2D eigenvalue weighted by molar-refractivity contribution is 9.09. The lowest BCUT2D eigenvalue weighted by Gasteiger charge is -2.02. The van der Waals surface area contributed by atoms with E-state index in [0.29, 0.717) is 0 Å². The summed E-state index contributed by atoms with van der Waals surface area (Å²) in [5.41, 5.74) is 9.01. The molecular weight excluding hydrogens is 226 g/mol. The first-order valence-corrected chi connectivity index (χ1v) is 5.45. The molecule has 70 valence electrons. The van der Waals surface area contributed by atoms with Gasteiger partial charge in [0.05, 0.1) is 0 Å². The van der Waals surface area contributed by atoms with Crippen LogP contribution in [0, 0.1) is 6.92 Å². The molecule has 0 saturated heterocycles. The molecule has 13 heavy (non-hydrogen) atoms. The van der Waals surface area contributed by atoms with Crippen molar-refractivity contribution in [2.45, 2.75) is 13.3 Å². The van der Waals surface area contributed by atoms with Crippen molar-refractivity contribution in [1.29, 1.82) is 0 Å². The fraction of sp³-hybridized carbons (Fsp3) is 0.273. The van der Waals surface area contributed by atoms with Gasteiger partial charge in [-0.3, -0.25) is 0 Å². The minimum Gasteiger partial charge on any atom is -0.398 e. The third-order valence-corrected chi connectivity index (χ3v) is 2.45. The van der Waals surface area contributed by atoms with Crippen molar-refractivity contribution in [3.8, 4) is 0 Å². The molecule has 0 radical (unpaired) electrons. The van der Waals surface area contributed by atoms with Crippen LogP contribution >= 0.6 is 15.9 Å². The maximum atomic E-state index is 5.78. The molecule has 1 nitrogen and oxygen atoms in total. The third kappa shape index (κ3) is 2.88. The van der Waals surface area contributed by atoms with Crippen molar-refractivity contribution in [2.75, 3.05) is 11.1 Å². The monoisotopic (exact) mass is 239 g/mol. The van der Waals surface area contributed by atoms with Gasteiger partial charge in [0.25, 0.3) is 0 Å². The van der Waals surface area contributed by atoms with E-state index in [2.05, 4.69) is 34.1 Å². The van der Waals surface area contributed by atoms with Crippen molar-refractivity contribution in [1.82, 2.24) is 0 Å². The Balaban J connectivity index is 2.83. The summed E-state index contributed by atoms with van der Waals surface area (Å²) < 4.78 is 0. The summed E-state index contributed by atoms with van der Waals surface area (Å²) in [5.74, 6) is 0. The summed E-state index contributed by atoms with van der Waals surface area (Å²) in [7, 11) is 0. The van der Waals surface area contributed by atoms with Crippen LogP contribution in [0.2, 0.25) is 0 Å². The number of hydrogen-bond donors (Lipinski definition) is 1. The minimum atomic E-state index is 0.862. The van der Waals surface area contributed by atoms with Crippen LogP contribution in [0.15, 0.2) is 24.3 Å². The van der Waals surface area contributed by atoms with Crippen LogP contribution in [0.3, 0.4) is 0 Å². The molecule has 1 rings (SSSR count). The van der Waals surface area contributed by atoms with Gasteiger partial charge in [0, 0.05) is 11.0 Å². The highest BCUT2D eigenvalue weighted by Gasteiger charge is 1.95. The van der Waals surface area contributed by atoms with Crippen molar-refractivity contribution in [2.24, 2.45) is 0 Å². The molecule has 0 aliphatic heterocycles. The van der Waals surface area contributed by atoms with Gasteiger partial charge in [-0.15, -0.1) is 0 Å². The molecule has 0 amide bonds. The number of allylic oxidation sites excluding steroid dienone is 1. The van der Waals surface area contributed by atoms with Crippen LogP contribution in [-0.4, -0.2) is 5.33 Å². The molecule has 0 aliphatic carbocycles. The lowest BCUT2D eigenvalue weighted by atomic mass is 10.1. The van der Waals surface area contributed by atoms with Gasteiger partial charge in [0.1, 0.15) is 0 Å². The zero-order valence-corrected chi connectivity index (χ0v) is 9.34. The van der Waals surface area contributed by atoms with Gasteiger partial charge in [0.2, 0.25) is 0 Å². The molecule has 0 unspecified atom stereocenters. The van der Waals surface area contributed by atoms with E-state index in [9.17, 15) is 0 Å². The summed E-state index contributed by atoms with van der Waals surface area (Å²) >= 11 is 3.38. The number of anilines is 1. The number of rotatable bonds is 3. The van der Waals surface area contributed by atoms with Gasteiger partial charge in [-0.05, 0) is 30.5 Å². The normalized spacial score (nSPS) is 10.9. The number of benzene rings is 1. The topological polar surface area (TPSA) is 26.0 Å². The van der Waals surface area contributed by atoms with Crippen LogP contribution in [0.5, 0.6) is 0 Å². The lowest BCUT2D eigenvalue weighted by Crippen LogP contribution is -1.90. The van der Waals surface area contributed by atoms with E-state index in [1.165, 1.54) is 5.56 Å². The van der Waals surface area contributed by atoms with Crippen LogP contribution < -0.4 is 5.73 Å². The van der Waals surface area contributed by atoms with Crippen molar-refractivity contribution in [3.05, 3.63) is 35.4 Å². The Labute approximate surface area is 87.8 Å². The Morgan fingerprint density at radius 3 is 2.92 bits per heavy atom. The summed E-state index contributed by atoms with van der Waals surface area (Å²) in [6, 6.07) is 5.99. The van der Waals surface area contributed by atoms with E-state index in [0.717, 1.165) is 23.0 Å². The molecule has 0 spiro atoms. The summed E-state index contributed by atoms with van der Waals surface area (Å²) in [6.45, 7) is 2.04. The zero-order valence-electron chi connectivity index (χ0n) is 7.76. The molecular formula is C11H14BrN. The Morgan fingerprint density at radius 2 is 2.23 bits per heavy atom. The second kappa shape index (κ2) is 5.07. The first-order valence-electron chi connectivity index (χ1n) is 4.33. The standard InChI is InChI=1S/C11H14BrN/c1-9-10(5-2-3-8-12)6-4-7-11(9)13/h2,4-7H,3,8,13H2,1H3. The predicted octanol–water partition coefficient (Wildman–Crippen LogP) is 3.38. The summed E-state index contributed by atoms with van der Waals surface area (Å²) in [6.07, 6.45) is 5.32. The number of halogens is 1. The quantitative estimate of drug-likeness (QED) is 0.636. The molecule has 2 N–H and O–H groups in total. The number of nitrogens with two attached hydrogens (primary N) is 1. The number of alkyl halides is 1. The van der Waals surface area contributed by atoms with Gasteiger partial charge in [-0.25, -0.2) is 0 Å². The second-order valence-corrected chi connectivity index (χ2v) is 3.73. The molecule has 0 heterocycles. The molecule has 1 aromatic carbocycles. The predicted molar refractivity (Wildman–Crippen MR) is 63.0 cm³/mol. The van der Waals surface area contributed by atoms with E-state index in [1.54, 1.807) is 0 Å². The van der Waals surface area contributed by atoms with Crippen molar-refractivity contribution in [3.63, 3.8) is 0 Å². The van der Waals surface area contributed by atoms with Crippen molar-refractivity contribution >= 4 is 27.7 Å². The van der Waals surface area contributed by atoms with E-state index in [4.69, 9.17) is 5.73 Å². The average molecular weight is 240 g/mol. The smallest absolute Gasteiger partial charge is 0.0349 e. The molecule has 0 fully saturated rings. The maximum Gasteiger partial charge on any atom is 0.0349 e. The lowest BCUT2D eigenvalue weighted by molar-refractivity contribution is 1.27. The van der Waals surface area contributed by atoms with Crippen LogP contribution in [0.4, 0.5) is 5.69 Å².